The third kappa shape index (κ3) is 5.30. The van der Waals surface area contributed by atoms with Crippen molar-refractivity contribution in [2.24, 2.45) is 0 Å². The van der Waals surface area contributed by atoms with E-state index >= 15 is 0 Å². The molecule has 1 aliphatic heterocycles. The summed E-state index contributed by atoms with van der Waals surface area (Å²) in [6, 6.07) is 8.55. The number of carbonyl (C=O) groups is 1. The normalized spacial score (nSPS) is 15.1. The fraction of sp³-hybridized carbons (Fsp3) is 0.450. The van der Waals surface area contributed by atoms with Crippen molar-refractivity contribution in [2.75, 3.05) is 43.9 Å². The van der Waals surface area contributed by atoms with Crippen LogP contribution in [0.25, 0.3) is 0 Å². The van der Waals surface area contributed by atoms with Crippen LogP contribution < -0.4 is 15.5 Å². The number of hydrogen-bond donors (Lipinski definition) is 2. The lowest BCUT2D eigenvalue weighted by Gasteiger charge is -2.27. The van der Waals surface area contributed by atoms with Gasteiger partial charge in [0.1, 0.15) is 5.76 Å². The van der Waals surface area contributed by atoms with E-state index in [1.807, 2.05) is 19.0 Å². The third-order valence-electron chi connectivity index (χ3n) is 4.88. The molecule has 0 bridgehead atoms. The Kier molecular flexibility index (Phi) is 6.81. The maximum Gasteiger partial charge on any atom is 0.243 e. The SMILES string of the molecule is CN(C)c1ccc(S(=O)(=O)N2CCCCC2)cc1NCC(=O)NCc1ccco1. The van der Waals surface area contributed by atoms with Gasteiger partial charge in [-0.2, -0.15) is 4.31 Å². The fourth-order valence-corrected chi connectivity index (χ4v) is 4.84. The molecule has 0 aliphatic carbocycles. The molecule has 1 saturated heterocycles. The second kappa shape index (κ2) is 9.32. The van der Waals surface area contributed by atoms with Crippen LogP contribution in [-0.4, -0.2) is 52.4 Å². The van der Waals surface area contributed by atoms with Gasteiger partial charge in [0.2, 0.25) is 15.9 Å². The summed E-state index contributed by atoms with van der Waals surface area (Å²) >= 11 is 0. The minimum atomic E-state index is -3.54. The van der Waals surface area contributed by atoms with E-state index in [1.165, 1.54) is 0 Å². The van der Waals surface area contributed by atoms with Gasteiger partial charge >= 0.3 is 0 Å². The highest BCUT2D eigenvalue weighted by Crippen LogP contribution is 2.29. The number of nitrogens with one attached hydrogen (secondary N) is 2. The Bertz CT molecular complexity index is 920. The van der Waals surface area contributed by atoms with E-state index in [0.717, 1.165) is 24.9 Å². The fourth-order valence-electron chi connectivity index (χ4n) is 3.30. The largest absolute Gasteiger partial charge is 0.467 e. The van der Waals surface area contributed by atoms with E-state index in [-0.39, 0.29) is 17.3 Å². The van der Waals surface area contributed by atoms with Crippen molar-refractivity contribution in [3.8, 4) is 0 Å². The molecule has 29 heavy (non-hydrogen) atoms. The highest BCUT2D eigenvalue weighted by Gasteiger charge is 2.26. The van der Waals surface area contributed by atoms with Crippen LogP contribution >= 0.6 is 0 Å². The maximum absolute atomic E-state index is 13.0. The average Bonchev–Trinajstić information content (AvgIpc) is 3.24. The lowest BCUT2D eigenvalue weighted by Crippen LogP contribution is -2.35. The molecule has 2 heterocycles. The van der Waals surface area contributed by atoms with Crippen LogP contribution in [-0.2, 0) is 21.4 Å². The zero-order valence-electron chi connectivity index (χ0n) is 16.8. The Hall–Kier alpha value is -2.52. The summed E-state index contributed by atoms with van der Waals surface area (Å²) in [5.41, 5.74) is 1.41. The van der Waals surface area contributed by atoms with Crippen LogP contribution in [0, 0.1) is 0 Å². The van der Waals surface area contributed by atoms with E-state index in [2.05, 4.69) is 10.6 Å². The van der Waals surface area contributed by atoms with Crippen LogP contribution in [0.2, 0.25) is 0 Å². The van der Waals surface area contributed by atoms with Crippen molar-refractivity contribution in [2.45, 2.75) is 30.7 Å². The summed E-state index contributed by atoms with van der Waals surface area (Å²) in [7, 11) is 0.199. The van der Waals surface area contributed by atoms with Crippen LogP contribution in [0.5, 0.6) is 0 Å². The first-order valence-electron chi connectivity index (χ1n) is 9.72. The molecule has 1 aliphatic rings. The number of rotatable bonds is 8. The van der Waals surface area contributed by atoms with E-state index in [9.17, 15) is 13.2 Å². The van der Waals surface area contributed by atoms with Gasteiger partial charge in [0.05, 0.1) is 35.6 Å². The number of sulfonamides is 1. The van der Waals surface area contributed by atoms with Crippen LogP contribution in [0.4, 0.5) is 11.4 Å². The Morgan fingerprint density at radius 3 is 2.59 bits per heavy atom. The Labute approximate surface area is 171 Å². The number of furan rings is 1. The first-order valence-corrected chi connectivity index (χ1v) is 11.2. The maximum atomic E-state index is 13.0. The zero-order valence-corrected chi connectivity index (χ0v) is 17.7. The van der Waals surface area contributed by atoms with Gasteiger partial charge in [-0.25, -0.2) is 8.42 Å². The molecule has 1 amide bonds. The lowest BCUT2D eigenvalue weighted by molar-refractivity contribution is -0.119. The number of piperidine rings is 1. The predicted octanol–water partition coefficient (Wildman–Crippen LogP) is 2.25. The topological polar surface area (TPSA) is 94.9 Å². The molecule has 0 atom stereocenters. The molecule has 9 heteroatoms. The van der Waals surface area contributed by atoms with Crippen LogP contribution in [0.3, 0.4) is 0 Å². The molecule has 158 valence electrons. The molecule has 0 spiro atoms. The third-order valence-corrected chi connectivity index (χ3v) is 6.78. The van der Waals surface area contributed by atoms with Gasteiger partial charge in [-0.05, 0) is 43.2 Å². The van der Waals surface area contributed by atoms with Gasteiger partial charge in [0.15, 0.2) is 0 Å². The second-order valence-corrected chi connectivity index (χ2v) is 9.19. The molecule has 1 aromatic heterocycles. The molecule has 1 aromatic carbocycles. The van der Waals surface area contributed by atoms with Gasteiger partial charge in [-0.1, -0.05) is 6.42 Å². The number of nitrogens with zero attached hydrogens (tertiary/aromatic N) is 2. The number of amides is 1. The van der Waals surface area contributed by atoms with Crippen molar-refractivity contribution in [3.63, 3.8) is 0 Å². The van der Waals surface area contributed by atoms with Crippen molar-refractivity contribution in [3.05, 3.63) is 42.4 Å². The summed E-state index contributed by atoms with van der Waals surface area (Å²) < 4.78 is 32.7. The summed E-state index contributed by atoms with van der Waals surface area (Å²) in [5.74, 6) is 0.456. The van der Waals surface area contributed by atoms with Gasteiger partial charge in [-0.15, -0.1) is 0 Å². The smallest absolute Gasteiger partial charge is 0.243 e. The molecule has 8 nitrogen and oxygen atoms in total. The van der Waals surface area contributed by atoms with Crippen molar-refractivity contribution in [1.29, 1.82) is 0 Å². The van der Waals surface area contributed by atoms with Gasteiger partial charge in [0, 0.05) is 27.2 Å². The number of hydrogen-bond acceptors (Lipinski definition) is 6. The first-order chi connectivity index (χ1) is 13.9. The van der Waals surface area contributed by atoms with Gasteiger partial charge < -0.3 is 20.0 Å². The summed E-state index contributed by atoms with van der Waals surface area (Å²) in [5, 5.41) is 5.84. The molecule has 0 radical (unpaired) electrons. The Morgan fingerprint density at radius 2 is 1.93 bits per heavy atom. The van der Waals surface area contributed by atoms with Crippen LogP contribution in [0.1, 0.15) is 25.0 Å². The summed E-state index contributed by atoms with van der Waals surface area (Å²) in [6.45, 7) is 1.43. The molecule has 2 aromatic rings. The average molecular weight is 421 g/mol. The minimum absolute atomic E-state index is 0.0226. The first kappa shape index (κ1) is 21.2. The van der Waals surface area contributed by atoms with Gasteiger partial charge in [0.25, 0.3) is 0 Å². The zero-order chi connectivity index (χ0) is 20.9. The van der Waals surface area contributed by atoms with E-state index < -0.39 is 10.0 Å². The highest BCUT2D eigenvalue weighted by molar-refractivity contribution is 7.89. The minimum Gasteiger partial charge on any atom is -0.467 e. The summed E-state index contributed by atoms with van der Waals surface area (Å²) in [6.07, 6.45) is 4.38. The van der Waals surface area contributed by atoms with E-state index in [4.69, 9.17) is 4.42 Å². The summed E-state index contributed by atoms with van der Waals surface area (Å²) in [4.78, 5) is 14.3. The van der Waals surface area contributed by atoms with Crippen LogP contribution in [0.15, 0.2) is 45.9 Å². The predicted molar refractivity (Wildman–Crippen MR) is 112 cm³/mol. The number of anilines is 2. The Morgan fingerprint density at radius 1 is 1.17 bits per heavy atom. The number of benzene rings is 1. The molecule has 0 unspecified atom stereocenters. The number of carbonyl (C=O) groups excluding carboxylic acids is 1. The highest BCUT2D eigenvalue weighted by atomic mass is 32.2. The molecule has 3 rings (SSSR count). The molecular formula is C20H28N4O4S. The quantitative estimate of drug-likeness (QED) is 0.680. The monoisotopic (exact) mass is 420 g/mol. The van der Waals surface area contributed by atoms with Crippen molar-refractivity contribution in [1.82, 2.24) is 9.62 Å². The Balaban J connectivity index is 1.72. The lowest BCUT2D eigenvalue weighted by atomic mass is 10.2. The molecule has 0 saturated carbocycles. The van der Waals surface area contributed by atoms with E-state index in [0.29, 0.717) is 31.1 Å². The van der Waals surface area contributed by atoms with Gasteiger partial charge in [-0.3, -0.25) is 4.79 Å². The second-order valence-electron chi connectivity index (χ2n) is 7.25. The molecular weight excluding hydrogens is 392 g/mol. The van der Waals surface area contributed by atoms with Crippen molar-refractivity contribution >= 4 is 27.3 Å². The standard InChI is InChI=1S/C20H28N4O4S/c1-23(2)19-9-8-17(29(26,27)24-10-4-3-5-11-24)13-18(19)21-15-20(25)22-14-16-7-6-12-28-16/h6-9,12-13,21H,3-5,10-11,14-15H2,1-2H3,(H,22,25). The van der Waals surface area contributed by atoms with Crippen molar-refractivity contribution < 1.29 is 17.6 Å². The van der Waals surface area contributed by atoms with E-state index in [1.54, 1.807) is 40.9 Å². The molecule has 1 fully saturated rings. The molecule has 2 N–H and O–H groups in total.